The van der Waals surface area contributed by atoms with Crippen LogP contribution >= 0.6 is 0 Å². The second-order valence-electron chi connectivity index (χ2n) is 4.11. The molecule has 0 aliphatic rings. The first kappa shape index (κ1) is 14.1. The van der Waals surface area contributed by atoms with Gasteiger partial charge >= 0.3 is 5.97 Å². The first-order valence-corrected chi connectivity index (χ1v) is 6.03. The van der Waals surface area contributed by atoms with Crippen LogP contribution in [0.3, 0.4) is 0 Å². The molecule has 0 amide bonds. The Bertz CT molecular complexity index is 590. The number of methoxy groups -OCH3 is 1. The molecular formula is C14H14FN3O2. The summed E-state index contributed by atoms with van der Waals surface area (Å²) < 4.78 is 18.2. The molecule has 0 fully saturated rings. The number of nitrogens with one attached hydrogen (secondary N) is 1. The molecule has 0 unspecified atom stereocenters. The van der Waals surface area contributed by atoms with Crippen LogP contribution in [0.25, 0.3) is 0 Å². The molecule has 1 heterocycles. The highest BCUT2D eigenvalue weighted by molar-refractivity contribution is 5.89. The average molecular weight is 275 g/mol. The molecule has 0 aliphatic carbocycles. The van der Waals surface area contributed by atoms with Crippen LogP contribution in [0.1, 0.15) is 21.6 Å². The van der Waals surface area contributed by atoms with Gasteiger partial charge < -0.3 is 10.1 Å². The Labute approximate surface area is 115 Å². The lowest BCUT2D eigenvalue weighted by Crippen LogP contribution is -2.14. The molecule has 104 valence electrons. The van der Waals surface area contributed by atoms with E-state index in [0.717, 1.165) is 11.3 Å². The summed E-state index contributed by atoms with van der Waals surface area (Å²) in [5.41, 5.74) is 1.53. The van der Waals surface area contributed by atoms with Crippen molar-refractivity contribution < 1.29 is 13.9 Å². The third kappa shape index (κ3) is 3.58. The molecule has 2 aromatic rings. The molecule has 1 aromatic carbocycles. The van der Waals surface area contributed by atoms with E-state index in [1.165, 1.54) is 25.6 Å². The fourth-order valence-corrected chi connectivity index (χ4v) is 1.70. The Kier molecular flexibility index (Phi) is 4.73. The SMILES string of the molecule is COC(=O)c1ccc(CNCc2ccncn2)cc1F. The van der Waals surface area contributed by atoms with Gasteiger partial charge in [0, 0.05) is 19.3 Å². The lowest BCUT2D eigenvalue weighted by Gasteiger charge is -2.06. The van der Waals surface area contributed by atoms with E-state index in [9.17, 15) is 9.18 Å². The smallest absolute Gasteiger partial charge is 0.340 e. The minimum atomic E-state index is -0.678. The number of rotatable bonds is 5. The molecule has 6 heteroatoms. The molecule has 0 bridgehead atoms. The normalized spacial score (nSPS) is 10.3. The Morgan fingerprint density at radius 3 is 2.85 bits per heavy atom. The van der Waals surface area contributed by atoms with Gasteiger partial charge in [0.05, 0.1) is 18.4 Å². The maximum Gasteiger partial charge on any atom is 0.340 e. The van der Waals surface area contributed by atoms with Crippen molar-refractivity contribution in [1.29, 1.82) is 0 Å². The molecular weight excluding hydrogens is 261 g/mol. The summed E-state index contributed by atoms with van der Waals surface area (Å²) in [6, 6.07) is 6.22. The van der Waals surface area contributed by atoms with E-state index < -0.39 is 11.8 Å². The van der Waals surface area contributed by atoms with Crippen molar-refractivity contribution in [3.63, 3.8) is 0 Å². The van der Waals surface area contributed by atoms with E-state index in [4.69, 9.17) is 0 Å². The number of nitrogens with zero attached hydrogens (tertiary/aromatic N) is 2. The summed E-state index contributed by atoms with van der Waals surface area (Å²) in [7, 11) is 1.22. The molecule has 1 aromatic heterocycles. The largest absolute Gasteiger partial charge is 0.465 e. The fourth-order valence-electron chi connectivity index (χ4n) is 1.70. The van der Waals surface area contributed by atoms with Gasteiger partial charge in [0.25, 0.3) is 0 Å². The van der Waals surface area contributed by atoms with Crippen molar-refractivity contribution >= 4 is 5.97 Å². The Hall–Kier alpha value is -2.34. The molecule has 0 aliphatic heterocycles. The third-order valence-corrected chi connectivity index (χ3v) is 2.72. The van der Waals surface area contributed by atoms with Crippen LogP contribution in [-0.4, -0.2) is 23.0 Å². The summed E-state index contributed by atoms with van der Waals surface area (Å²) in [5.74, 6) is -1.26. The van der Waals surface area contributed by atoms with E-state index in [0.29, 0.717) is 13.1 Å². The number of hydrogen-bond donors (Lipinski definition) is 1. The van der Waals surface area contributed by atoms with Crippen LogP contribution in [0.15, 0.2) is 36.8 Å². The third-order valence-electron chi connectivity index (χ3n) is 2.72. The molecule has 20 heavy (non-hydrogen) atoms. The topological polar surface area (TPSA) is 64.1 Å². The highest BCUT2D eigenvalue weighted by Crippen LogP contribution is 2.11. The Morgan fingerprint density at radius 2 is 2.20 bits per heavy atom. The Morgan fingerprint density at radius 1 is 1.35 bits per heavy atom. The summed E-state index contributed by atoms with van der Waals surface area (Å²) in [5, 5.41) is 3.13. The molecule has 2 rings (SSSR count). The monoisotopic (exact) mass is 275 g/mol. The van der Waals surface area contributed by atoms with Crippen molar-refractivity contribution in [3.05, 3.63) is 59.4 Å². The van der Waals surface area contributed by atoms with Crippen LogP contribution in [0.2, 0.25) is 0 Å². The quantitative estimate of drug-likeness (QED) is 0.841. The molecule has 5 nitrogen and oxygen atoms in total. The van der Waals surface area contributed by atoms with Crippen molar-refractivity contribution in [1.82, 2.24) is 15.3 Å². The van der Waals surface area contributed by atoms with Crippen molar-refractivity contribution in [2.24, 2.45) is 0 Å². The predicted octanol–water partition coefficient (Wildman–Crippen LogP) is 1.69. The highest BCUT2D eigenvalue weighted by Gasteiger charge is 2.11. The standard InChI is InChI=1S/C14H14FN3O2/c1-20-14(19)12-3-2-10(6-13(12)15)7-17-8-11-4-5-16-9-18-11/h2-6,9,17H,7-8H2,1H3. The van der Waals surface area contributed by atoms with Gasteiger partial charge in [-0.3, -0.25) is 0 Å². The number of ether oxygens (including phenoxy) is 1. The van der Waals surface area contributed by atoms with Crippen molar-refractivity contribution in [2.75, 3.05) is 7.11 Å². The van der Waals surface area contributed by atoms with Gasteiger partial charge in [-0.05, 0) is 23.8 Å². The zero-order valence-corrected chi connectivity index (χ0v) is 11.0. The summed E-state index contributed by atoms with van der Waals surface area (Å²) in [6.45, 7) is 1.03. The number of carbonyl (C=O) groups excluding carboxylic acids is 1. The van der Waals surface area contributed by atoms with Gasteiger partial charge in [-0.15, -0.1) is 0 Å². The van der Waals surface area contributed by atoms with Gasteiger partial charge in [-0.2, -0.15) is 0 Å². The van der Waals surface area contributed by atoms with Gasteiger partial charge in [0.1, 0.15) is 12.1 Å². The zero-order chi connectivity index (χ0) is 14.4. The number of carbonyl (C=O) groups is 1. The number of hydrogen-bond acceptors (Lipinski definition) is 5. The van der Waals surface area contributed by atoms with Crippen LogP contribution in [0.4, 0.5) is 4.39 Å². The number of esters is 1. The van der Waals surface area contributed by atoms with Gasteiger partial charge in [0.2, 0.25) is 0 Å². The zero-order valence-electron chi connectivity index (χ0n) is 11.0. The lowest BCUT2D eigenvalue weighted by atomic mass is 10.1. The molecule has 0 atom stereocenters. The number of benzene rings is 1. The van der Waals surface area contributed by atoms with Crippen LogP contribution < -0.4 is 5.32 Å². The average Bonchev–Trinajstić information content (AvgIpc) is 2.48. The molecule has 0 saturated heterocycles. The minimum absolute atomic E-state index is 0.0629. The lowest BCUT2D eigenvalue weighted by molar-refractivity contribution is 0.0595. The van der Waals surface area contributed by atoms with Crippen molar-refractivity contribution in [2.45, 2.75) is 13.1 Å². The highest BCUT2D eigenvalue weighted by atomic mass is 19.1. The molecule has 0 spiro atoms. The maximum atomic E-state index is 13.7. The molecule has 0 saturated carbocycles. The van der Waals surface area contributed by atoms with E-state index >= 15 is 0 Å². The second kappa shape index (κ2) is 6.72. The summed E-state index contributed by atoms with van der Waals surface area (Å²) in [6.07, 6.45) is 3.14. The van der Waals surface area contributed by atoms with Crippen molar-refractivity contribution in [3.8, 4) is 0 Å². The second-order valence-corrected chi connectivity index (χ2v) is 4.11. The van der Waals surface area contributed by atoms with E-state index in [1.54, 1.807) is 18.3 Å². The minimum Gasteiger partial charge on any atom is -0.465 e. The van der Waals surface area contributed by atoms with E-state index in [2.05, 4.69) is 20.0 Å². The first-order valence-electron chi connectivity index (χ1n) is 6.03. The number of halogens is 1. The predicted molar refractivity (Wildman–Crippen MR) is 70.3 cm³/mol. The fraction of sp³-hybridized carbons (Fsp3) is 0.214. The van der Waals surface area contributed by atoms with E-state index in [1.807, 2.05) is 0 Å². The van der Waals surface area contributed by atoms with Crippen LogP contribution in [0.5, 0.6) is 0 Å². The van der Waals surface area contributed by atoms with Gasteiger partial charge in [-0.25, -0.2) is 19.2 Å². The number of aromatic nitrogens is 2. The van der Waals surface area contributed by atoms with Gasteiger partial charge in [0.15, 0.2) is 0 Å². The summed E-state index contributed by atoms with van der Waals surface area (Å²) >= 11 is 0. The molecule has 0 radical (unpaired) electrons. The van der Waals surface area contributed by atoms with Gasteiger partial charge in [-0.1, -0.05) is 6.07 Å². The maximum absolute atomic E-state index is 13.7. The van der Waals surface area contributed by atoms with E-state index in [-0.39, 0.29) is 5.56 Å². The summed E-state index contributed by atoms with van der Waals surface area (Å²) in [4.78, 5) is 19.1. The van der Waals surface area contributed by atoms with Crippen LogP contribution in [0, 0.1) is 5.82 Å². The molecule has 1 N–H and O–H groups in total. The van der Waals surface area contributed by atoms with Crippen LogP contribution in [-0.2, 0) is 17.8 Å². The first-order chi connectivity index (χ1) is 9.70. The Balaban J connectivity index is 1.94.